The lowest BCUT2D eigenvalue weighted by Gasteiger charge is -2.34. The van der Waals surface area contributed by atoms with E-state index in [0.717, 1.165) is 4.88 Å². The molecule has 9 heterocycles. The van der Waals surface area contributed by atoms with Gasteiger partial charge in [-0.05, 0) is 56.2 Å². The zero-order valence-corrected chi connectivity index (χ0v) is 54.3. The van der Waals surface area contributed by atoms with E-state index in [2.05, 4.69) is 26.6 Å². The first kappa shape index (κ1) is 65.1. The Labute approximate surface area is 540 Å². The first-order valence-corrected chi connectivity index (χ1v) is 33.9. The number of aliphatic hydroxyl groups is 1. The molecule has 25 nitrogen and oxygen atoms in total. The van der Waals surface area contributed by atoms with Gasteiger partial charge in [-0.3, -0.25) is 33.7 Å². The molecule has 0 unspecified atom stereocenters. The molecule has 6 amide bonds. The molecule has 1 saturated heterocycles. The molecule has 0 spiro atoms. The number of ether oxygens (including phenoxy) is 1. The van der Waals surface area contributed by atoms with E-state index in [4.69, 9.17) is 39.6 Å². The molecule has 31 heteroatoms. The monoisotopic (exact) mass is 1340 g/mol. The van der Waals surface area contributed by atoms with Crippen molar-refractivity contribution in [3.05, 3.63) is 111 Å². The van der Waals surface area contributed by atoms with E-state index in [-0.39, 0.29) is 93.8 Å². The summed E-state index contributed by atoms with van der Waals surface area (Å²) < 4.78 is 5.50. The summed E-state index contributed by atoms with van der Waals surface area (Å²) in [5.41, 5.74) is 3.40. The number of fused-ring (bicyclic) bond motifs is 14. The minimum absolute atomic E-state index is 0.0261. The third-order valence-electron chi connectivity index (χ3n) is 15.0. The number of methoxy groups -OCH3 is 1. The number of aliphatic carboxylic acids is 2. The number of piperidine rings is 1. The van der Waals surface area contributed by atoms with E-state index in [1.54, 1.807) is 68.9 Å². The first-order valence-electron chi connectivity index (χ1n) is 28.7. The number of carboxylic acid groups (broad SMARTS) is 2. The van der Waals surface area contributed by atoms with E-state index >= 15 is 0 Å². The number of pyridine rings is 1. The predicted octanol–water partition coefficient (Wildman–Crippen LogP) is 8.65. The summed E-state index contributed by atoms with van der Waals surface area (Å²) in [4.78, 5) is 132. The third kappa shape index (κ3) is 15.3. The molecule has 1 fully saturated rings. The topological polar surface area (TPSA) is 346 Å². The molecule has 8 N–H and O–H groups in total. The Morgan fingerprint density at radius 1 is 0.744 bits per heavy atom. The van der Waals surface area contributed by atoms with Gasteiger partial charge in [0.2, 0.25) is 11.8 Å². The highest BCUT2D eigenvalue weighted by molar-refractivity contribution is 7.15. The van der Waals surface area contributed by atoms with Crippen LogP contribution in [0, 0.1) is 18.8 Å². The van der Waals surface area contributed by atoms with E-state index in [9.17, 15) is 48.9 Å². The number of urea groups is 1. The lowest BCUT2D eigenvalue weighted by atomic mass is 9.97. The second kappa shape index (κ2) is 29.4. The van der Waals surface area contributed by atoms with Gasteiger partial charge in [0.05, 0.1) is 53.8 Å². The van der Waals surface area contributed by atoms with Gasteiger partial charge in [-0.2, -0.15) is 0 Å². The van der Waals surface area contributed by atoms with E-state index < -0.39 is 60.3 Å². The number of likely N-dealkylation sites (tertiary alicyclic amines) is 1. The molecule has 10 rings (SSSR count). The maximum absolute atomic E-state index is 14.4. The molecule has 472 valence electrons. The Bertz CT molecular complexity index is 3910. The Morgan fingerprint density at radius 2 is 1.47 bits per heavy atom. The Morgan fingerprint density at radius 3 is 2.20 bits per heavy atom. The van der Waals surface area contributed by atoms with Crippen molar-refractivity contribution in [2.75, 3.05) is 45.2 Å². The van der Waals surface area contributed by atoms with Crippen LogP contribution in [0.15, 0.2) is 64.0 Å². The fourth-order valence-electron chi connectivity index (χ4n) is 10.1. The number of nitrogens with one attached hydrogen (secondary N) is 5. The summed E-state index contributed by atoms with van der Waals surface area (Å²) in [6.45, 7) is 6.42. The SMILES string of the molecule is CNC(=O)C[C@@H]1NC(=O)c2csc(n2)-c2ccc(-c3nc(N(CCCCC(=O)O)C(=O)N4CCC(C(=O)O)CC4)cs3)nc2-c2csc(n2)-c2csc(n2)[C@H]([C@@H](O)c2ccccc2)NC(=O)CNC(=O)c2nc(sc2COC)[C@H](C(C)C)NCc2nc1sc2C. The van der Waals surface area contributed by atoms with Crippen LogP contribution in [0.1, 0.15) is 134 Å². The predicted molar refractivity (Wildman–Crippen MR) is 342 cm³/mol. The van der Waals surface area contributed by atoms with Crippen molar-refractivity contribution in [3.8, 4) is 43.4 Å². The summed E-state index contributed by atoms with van der Waals surface area (Å²) in [5, 5.41) is 55.5. The molecule has 0 radical (unpaired) electrons. The number of rotatable bonds is 15. The second-order valence-corrected chi connectivity index (χ2v) is 27.4. The number of benzene rings is 1. The Kier molecular flexibility index (Phi) is 21.2. The van der Waals surface area contributed by atoms with Gasteiger partial charge in [-0.1, -0.05) is 44.2 Å². The number of carboxylic acids is 2. The number of hydrogen-bond acceptors (Lipinski definition) is 23. The molecular weight excluding hydrogens is 1270 g/mol. The van der Waals surface area contributed by atoms with Crippen LogP contribution in [0.2, 0.25) is 0 Å². The molecule has 10 bridgehead atoms. The number of aromatic nitrogens is 7. The van der Waals surface area contributed by atoms with Gasteiger partial charge in [-0.25, -0.2) is 39.7 Å². The molecule has 90 heavy (non-hydrogen) atoms. The fraction of sp³-hybridized carbons (Fsp3) is 0.390. The molecule has 0 saturated carbocycles. The van der Waals surface area contributed by atoms with Gasteiger partial charge in [0.1, 0.15) is 76.5 Å². The standard InChI is InChI=1S/C59H64N14O11S6/c1-29(2)45-57-71-47(40(90-57)24-84-5)51(80)62-23-43(75)70-48(49(78)31-11-7-6-8-12-31)56-68-39(27-87-56)54-66-37(25-86-54)46-33(52-67-38(26-85-52)50(79)64-35(21-42(74)60-4)55-65-36(22-61-45)30(3)89-55)14-15-34(63-46)53-69-41(28-88-53)73(18-10-9-13-44(76)77)59(83)72-19-16-32(17-20-72)58(81)82/h6-8,11-12,14-15,25-29,32,35,45,48-49,61,78H,9-10,13,16-24H2,1-5H3,(H,60,74)(H,62,80)(H,64,79)(H,70,75)(H,76,77)(H,81,82)/t35-,45-,48-,49-/m0/s1. The van der Waals surface area contributed by atoms with Gasteiger partial charge in [0.15, 0.2) is 0 Å². The molecule has 4 atom stereocenters. The Hall–Kier alpha value is -7.88. The number of thiazole rings is 6. The quantitative estimate of drug-likeness (QED) is 0.0445. The summed E-state index contributed by atoms with van der Waals surface area (Å²) in [6.07, 6.45) is -0.249. The van der Waals surface area contributed by atoms with E-state index in [0.29, 0.717) is 93.2 Å². The van der Waals surface area contributed by atoms with Gasteiger partial charge < -0.3 is 51.5 Å². The zero-order valence-electron chi connectivity index (χ0n) is 49.4. The van der Waals surface area contributed by atoms with Crippen molar-refractivity contribution in [3.63, 3.8) is 0 Å². The van der Waals surface area contributed by atoms with Crippen molar-refractivity contribution >= 4 is 115 Å². The smallest absolute Gasteiger partial charge is 0.325 e. The normalized spacial score (nSPS) is 17.3. The van der Waals surface area contributed by atoms with Crippen LogP contribution < -0.4 is 31.5 Å². The number of unbranched alkanes of at least 4 members (excludes halogenated alkanes) is 1. The molecule has 1 aromatic carbocycles. The highest BCUT2D eigenvalue weighted by Gasteiger charge is 2.34. The van der Waals surface area contributed by atoms with E-state index in [1.165, 1.54) is 87.1 Å². The number of hydrogen-bond donors (Lipinski definition) is 8. The number of anilines is 1. The molecule has 2 aliphatic rings. The molecule has 2 aliphatic heterocycles. The van der Waals surface area contributed by atoms with Crippen molar-refractivity contribution in [1.82, 2.24) is 66.4 Å². The highest BCUT2D eigenvalue weighted by Crippen LogP contribution is 2.41. The summed E-state index contributed by atoms with van der Waals surface area (Å²) in [6, 6.07) is 9.66. The summed E-state index contributed by atoms with van der Waals surface area (Å²) in [7, 11) is 3.03. The maximum Gasteiger partial charge on any atom is 0.325 e. The molecule has 0 aliphatic carbocycles. The molecule has 7 aromatic heterocycles. The number of aliphatic hydroxyl groups excluding tert-OH is 1. The summed E-state index contributed by atoms with van der Waals surface area (Å²) >= 11 is 7.52. The van der Waals surface area contributed by atoms with Crippen LogP contribution >= 0.6 is 68.0 Å². The molecular formula is C59H64N14O11S6. The van der Waals surface area contributed by atoms with Crippen molar-refractivity contribution in [2.24, 2.45) is 11.8 Å². The van der Waals surface area contributed by atoms with Gasteiger partial charge in [0, 0.05) is 78.7 Å². The van der Waals surface area contributed by atoms with Crippen molar-refractivity contribution in [2.45, 2.75) is 96.7 Å². The molecule has 8 aromatic rings. The van der Waals surface area contributed by atoms with Crippen molar-refractivity contribution < 1.29 is 53.6 Å². The van der Waals surface area contributed by atoms with Crippen molar-refractivity contribution in [1.29, 1.82) is 0 Å². The first-order chi connectivity index (χ1) is 43.3. The lowest BCUT2D eigenvalue weighted by Crippen LogP contribution is -2.48. The van der Waals surface area contributed by atoms with Crippen LogP contribution in [0.4, 0.5) is 10.6 Å². The average molecular weight is 1340 g/mol. The maximum atomic E-state index is 14.4. The minimum atomic E-state index is -1.28. The average Bonchev–Trinajstić information content (AvgIpc) is 1.72. The largest absolute Gasteiger partial charge is 0.481 e. The summed E-state index contributed by atoms with van der Waals surface area (Å²) in [5.74, 6) is -4.27. The lowest BCUT2D eigenvalue weighted by molar-refractivity contribution is -0.143. The minimum Gasteiger partial charge on any atom is -0.481 e. The second-order valence-electron chi connectivity index (χ2n) is 21.5. The van der Waals surface area contributed by atoms with Crippen LogP contribution in [0.5, 0.6) is 0 Å². The third-order valence-corrected chi connectivity index (χ3v) is 20.7. The van der Waals surface area contributed by atoms with Gasteiger partial charge >= 0.3 is 18.0 Å². The van der Waals surface area contributed by atoms with Gasteiger partial charge in [0.25, 0.3) is 11.8 Å². The van der Waals surface area contributed by atoms with E-state index in [1.807, 2.05) is 20.8 Å². The number of nitrogens with zero attached hydrogens (tertiary/aromatic N) is 9. The number of carbonyl (C=O) groups excluding carboxylic acids is 5. The zero-order chi connectivity index (χ0) is 63.8. The van der Waals surface area contributed by atoms with Crippen LogP contribution in [0.3, 0.4) is 0 Å². The van der Waals surface area contributed by atoms with Crippen LogP contribution in [0.25, 0.3) is 43.4 Å². The van der Waals surface area contributed by atoms with Crippen LogP contribution in [-0.2, 0) is 37.1 Å². The number of aryl methyl sites for hydroxylation is 1. The van der Waals surface area contributed by atoms with Gasteiger partial charge in [-0.15, -0.1) is 68.0 Å². The number of amides is 6. The number of carbonyl (C=O) groups is 7. The van der Waals surface area contributed by atoms with Crippen LogP contribution in [-0.4, -0.2) is 137 Å². The fourth-order valence-corrected chi connectivity index (χ4v) is 15.7. The Balaban J connectivity index is 1.04. The highest BCUT2D eigenvalue weighted by atomic mass is 32.1.